The Morgan fingerprint density at radius 1 is 1.38 bits per heavy atom. The maximum absolute atomic E-state index is 13.8. The quantitative estimate of drug-likeness (QED) is 0.859. The van der Waals surface area contributed by atoms with Crippen LogP contribution in [-0.2, 0) is 0 Å². The minimum absolute atomic E-state index is 0.147. The molecule has 0 radical (unpaired) electrons. The molecule has 0 bridgehead atoms. The highest BCUT2D eigenvalue weighted by Crippen LogP contribution is 2.17. The Bertz CT molecular complexity index is 610. The van der Waals surface area contributed by atoms with Crippen molar-refractivity contribution in [1.82, 2.24) is 9.55 Å². The van der Waals surface area contributed by atoms with Gasteiger partial charge in [0.05, 0.1) is 18.4 Å². The van der Waals surface area contributed by atoms with E-state index < -0.39 is 6.10 Å². The molecule has 2 rings (SSSR count). The van der Waals surface area contributed by atoms with Gasteiger partial charge in [-0.2, -0.15) is 0 Å². The van der Waals surface area contributed by atoms with Crippen LogP contribution in [0.3, 0.4) is 0 Å². The molecule has 2 aromatic rings. The van der Waals surface area contributed by atoms with Crippen molar-refractivity contribution >= 4 is 6.08 Å². The van der Waals surface area contributed by atoms with Crippen molar-refractivity contribution < 1.29 is 14.6 Å². The van der Waals surface area contributed by atoms with Crippen LogP contribution in [0.15, 0.2) is 42.7 Å². The minimum atomic E-state index is -0.608. The second kappa shape index (κ2) is 7.15. The van der Waals surface area contributed by atoms with Crippen LogP contribution < -0.4 is 0 Å². The Balaban J connectivity index is 2.27. The van der Waals surface area contributed by atoms with E-state index in [-0.39, 0.29) is 18.3 Å². The molecule has 0 saturated heterocycles. The van der Waals surface area contributed by atoms with Crippen LogP contribution >= 0.6 is 0 Å². The molecule has 112 valence electrons. The maximum Gasteiger partial charge on any atom is 0.147 e. The lowest BCUT2D eigenvalue weighted by Crippen LogP contribution is -2.20. The summed E-state index contributed by atoms with van der Waals surface area (Å²) < 4.78 is 15.5. The number of nitrogens with zero attached hydrogens (tertiary/aromatic N) is 2. The van der Waals surface area contributed by atoms with Crippen molar-refractivity contribution in [2.75, 3.05) is 6.61 Å². The SMILES string of the molecule is CCC(O)C(/C=C/c1nccn1-c1ccccc1F)CO. The van der Waals surface area contributed by atoms with E-state index in [1.165, 1.54) is 6.07 Å². The van der Waals surface area contributed by atoms with Crippen molar-refractivity contribution in [3.63, 3.8) is 0 Å². The fraction of sp³-hybridized carbons (Fsp3) is 0.312. The normalized spacial score (nSPS) is 14.5. The van der Waals surface area contributed by atoms with Gasteiger partial charge in [-0.25, -0.2) is 9.37 Å². The molecule has 4 nitrogen and oxygen atoms in total. The summed E-state index contributed by atoms with van der Waals surface area (Å²) in [5, 5.41) is 19.1. The molecule has 0 fully saturated rings. The molecule has 0 aliphatic heterocycles. The largest absolute Gasteiger partial charge is 0.396 e. The Morgan fingerprint density at radius 3 is 2.81 bits per heavy atom. The van der Waals surface area contributed by atoms with Crippen molar-refractivity contribution in [3.05, 3.63) is 54.4 Å². The number of imidazole rings is 1. The van der Waals surface area contributed by atoms with E-state index >= 15 is 0 Å². The van der Waals surface area contributed by atoms with E-state index in [0.29, 0.717) is 17.9 Å². The molecule has 2 N–H and O–H groups in total. The van der Waals surface area contributed by atoms with Crippen LogP contribution in [0.2, 0.25) is 0 Å². The average Bonchev–Trinajstić information content (AvgIpc) is 2.96. The first-order valence-corrected chi connectivity index (χ1v) is 6.92. The molecule has 21 heavy (non-hydrogen) atoms. The van der Waals surface area contributed by atoms with Gasteiger partial charge in [-0.3, -0.25) is 4.57 Å². The highest BCUT2D eigenvalue weighted by Gasteiger charge is 2.14. The second-order valence-corrected chi connectivity index (χ2v) is 4.79. The van der Waals surface area contributed by atoms with Gasteiger partial charge >= 0.3 is 0 Å². The van der Waals surface area contributed by atoms with Crippen LogP contribution in [0.1, 0.15) is 19.2 Å². The summed E-state index contributed by atoms with van der Waals surface area (Å²) in [7, 11) is 0. The van der Waals surface area contributed by atoms with Crippen molar-refractivity contribution in [2.24, 2.45) is 5.92 Å². The summed E-state index contributed by atoms with van der Waals surface area (Å²) in [5.74, 6) is -0.153. The van der Waals surface area contributed by atoms with Gasteiger partial charge < -0.3 is 10.2 Å². The smallest absolute Gasteiger partial charge is 0.147 e. The predicted molar refractivity (Wildman–Crippen MR) is 79.4 cm³/mol. The highest BCUT2D eigenvalue weighted by atomic mass is 19.1. The van der Waals surface area contributed by atoms with Gasteiger partial charge in [0.1, 0.15) is 11.6 Å². The number of para-hydroxylation sites is 1. The fourth-order valence-corrected chi connectivity index (χ4v) is 2.11. The number of halogens is 1. The number of benzene rings is 1. The van der Waals surface area contributed by atoms with Crippen molar-refractivity contribution in [2.45, 2.75) is 19.4 Å². The molecule has 0 amide bonds. The monoisotopic (exact) mass is 290 g/mol. The number of aromatic nitrogens is 2. The topological polar surface area (TPSA) is 58.3 Å². The van der Waals surface area contributed by atoms with Gasteiger partial charge in [0.2, 0.25) is 0 Å². The number of aliphatic hydroxyl groups is 2. The molecular formula is C16H19FN2O2. The Labute approximate surface area is 123 Å². The summed E-state index contributed by atoms with van der Waals surface area (Å²) in [6.45, 7) is 1.70. The van der Waals surface area contributed by atoms with Crippen molar-refractivity contribution in [1.29, 1.82) is 0 Å². The predicted octanol–water partition coefficient (Wildman–Crippen LogP) is 2.40. The zero-order chi connectivity index (χ0) is 15.2. The average molecular weight is 290 g/mol. The van der Waals surface area contributed by atoms with E-state index in [4.69, 9.17) is 0 Å². The van der Waals surface area contributed by atoms with E-state index in [1.54, 1.807) is 47.3 Å². The lowest BCUT2D eigenvalue weighted by molar-refractivity contribution is 0.0891. The van der Waals surface area contributed by atoms with E-state index in [0.717, 1.165) is 0 Å². The van der Waals surface area contributed by atoms with E-state index in [9.17, 15) is 14.6 Å². The third kappa shape index (κ3) is 3.56. The van der Waals surface area contributed by atoms with Crippen LogP contribution in [0.4, 0.5) is 4.39 Å². The Hall–Kier alpha value is -1.98. The Morgan fingerprint density at radius 2 is 2.14 bits per heavy atom. The van der Waals surface area contributed by atoms with Gasteiger partial charge in [-0.05, 0) is 24.6 Å². The van der Waals surface area contributed by atoms with Crippen molar-refractivity contribution in [3.8, 4) is 5.69 Å². The molecule has 0 saturated carbocycles. The highest BCUT2D eigenvalue weighted by molar-refractivity contribution is 5.47. The number of hydrogen-bond acceptors (Lipinski definition) is 3. The molecule has 5 heteroatoms. The molecule has 0 spiro atoms. The first-order valence-electron chi connectivity index (χ1n) is 6.92. The number of rotatable bonds is 6. The standard InChI is InChI=1S/C16H19FN2O2/c1-2-15(21)12(11-20)7-8-16-18-9-10-19(16)14-6-4-3-5-13(14)17/h3-10,12,15,20-21H,2,11H2,1H3/b8-7+. The fourth-order valence-electron chi connectivity index (χ4n) is 2.11. The second-order valence-electron chi connectivity index (χ2n) is 4.79. The minimum Gasteiger partial charge on any atom is -0.396 e. The van der Waals surface area contributed by atoms with Gasteiger partial charge in [-0.15, -0.1) is 0 Å². The summed E-state index contributed by atoms with van der Waals surface area (Å²) in [4.78, 5) is 4.17. The summed E-state index contributed by atoms with van der Waals surface area (Å²) in [5.41, 5.74) is 0.409. The van der Waals surface area contributed by atoms with Crippen LogP contribution in [0.25, 0.3) is 11.8 Å². The molecule has 1 aromatic carbocycles. The van der Waals surface area contributed by atoms with Gasteiger partial charge in [0, 0.05) is 18.3 Å². The Kier molecular flexibility index (Phi) is 5.25. The van der Waals surface area contributed by atoms with E-state index in [1.807, 2.05) is 6.92 Å². The molecule has 0 aliphatic carbocycles. The molecule has 2 atom stereocenters. The van der Waals surface area contributed by atoms with Gasteiger partial charge in [0.25, 0.3) is 0 Å². The van der Waals surface area contributed by atoms with Gasteiger partial charge in [-0.1, -0.05) is 25.1 Å². The molecule has 1 aromatic heterocycles. The number of hydrogen-bond donors (Lipinski definition) is 2. The third-order valence-corrected chi connectivity index (χ3v) is 3.40. The lowest BCUT2D eigenvalue weighted by atomic mass is 10.0. The van der Waals surface area contributed by atoms with Crippen LogP contribution in [0.5, 0.6) is 0 Å². The third-order valence-electron chi connectivity index (χ3n) is 3.40. The van der Waals surface area contributed by atoms with Gasteiger partial charge in [0.15, 0.2) is 0 Å². The van der Waals surface area contributed by atoms with E-state index in [2.05, 4.69) is 4.98 Å². The molecular weight excluding hydrogens is 271 g/mol. The van der Waals surface area contributed by atoms with Crippen LogP contribution in [0, 0.1) is 11.7 Å². The first-order chi connectivity index (χ1) is 10.2. The molecule has 2 unspecified atom stereocenters. The first kappa shape index (κ1) is 15.4. The zero-order valence-corrected chi connectivity index (χ0v) is 11.9. The molecule has 1 heterocycles. The summed E-state index contributed by atoms with van der Waals surface area (Å²) >= 11 is 0. The number of aliphatic hydroxyl groups excluding tert-OH is 2. The van der Waals surface area contributed by atoms with Crippen LogP contribution in [-0.4, -0.2) is 32.5 Å². The maximum atomic E-state index is 13.8. The zero-order valence-electron chi connectivity index (χ0n) is 11.9. The molecule has 0 aliphatic rings. The summed E-state index contributed by atoms with van der Waals surface area (Å²) in [6.07, 6.45) is 6.58. The summed E-state index contributed by atoms with van der Waals surface area (Å²) in [6, 6.07) is 6.44. The lowest BCUT2D eigenvalue weighted by Gasteiger charge is -2.15.